The predicted molar refractivity (Wildman–Crippen MR) is 133 cm³/mol. The van der Waals surface area contributed by atoms with Gasteiger partial charge in [-0.15, -0.1) is 24.0 Å². The zero-order valence-corrected chi connectivity index (χ0v) is 20.5. The average molecular weight is 527 g/mol. The van der Waals surface area contributed by atoms with Crippen molar-refractivity contribution in [3.8, 4) is 11.5 Å². The van der Waals surface area contributed by atoms with Crippen molar-refractivity contribution in [2.45, 2.75) is 26.3 Å². The average Bonchev–Trinajstić information content (AvgIpc) is 2.77. The van der Waals surface area contributed by atoms with Crippen molar-refractivity contribution in [3.63, 3.8) is 0 Å². The number of hydrogen-bond acceptors (Lipinski definition) is 4. The lowest BCUT2D eigenvalue weighted by molar-refractivity contribution is 0.135. The van der Waals surface area contributed by atoms with Crippen LogP contribution < -0.4 is 20.1 Å². The molecule has 7 heteroatoms. The first-order valence-electron chi connectivity index (χ1n) is 10.1. The second-order valence-corrected chi connectivity index (χ2v) is 6.51. The maximum Gasteiger partial charge on any atom is 0.191 e. The van der Waals surface area contributed by atoms with Crippen LogP contribution >= 0.6 is 24.0 Å². The van der Waals surface area contributed by atoms with Crippen molar-refractivity contribution in [1.82, 2.24) is 10.6 Å². The molecular weight excluding hydrogens is 493 g/mol. The first-order valence-corrected chi connectivity index (χ1v) is 10.1. The summed E-state index contributed by atoms with van der Waals surface area (Å²) in [5.41, 5.74) is 2.37. The molecule has 0 radical (unpaired) electrons. The molecule has 0 fully saturated rings. The summed E-state index contributed by atoms with van der Waals surface area (Å²) in [6, 6.07) is 16.2. The Morgan fingerprint density at radius 2 is 1.67 bits per heavy atom. The summed E-state index contributed by atoms with van der Waals surface area (Å²) in [4.78, 5) is 4.65. The summed E-state index contributed by atoms with van der Waals surface area (Å²) in [5.74, 6) is 2.23. The summed E-state index contributed by atoms with van der Waals surface area (Å²) in [6.07, 6.45) is 1.87. The number of hydrogen-bond donors (Lipinski definition) is 2. The van der Waals surface area contributed by atoms with Gasteiger partial charge in [0.25, 0.3) is 0 Å². The Balaban J connectivity index is 0.00000450. The van der Waals surface area contributed by atoms with Gasteiger partial charge in [0.05, 0.1) is 27.4 Å². The van der Waals surface area contributed by atoms with Crippen LogP contribution in [0.4, 0.5) is 0 Å². The van der Waals surface area contributed by atoms with Crippen molar-refractivity contribution >= 4 is 29.9 Å². The number of guanidine groups is 1. The summed E-state index contributed by atoms with van der Waals surface area (Å²) >= 11 is 0. The summed E-state index contributed by atoms with van der Waals surface area (Å²) in [7, 11) is 3.27. The number of rotatable bonds is 12. The summed E-state index contributed by atoms with van der Waals surface area (Å²) < 4.78 is 16.4. The van der Waals surface area contributed by atoms with E-state index in [-0.39, 0.29) is 24.0 Å². The largest absolute Gasteiger partial charge is 0.493 e. The lowest BCUT2D eigenvalue weighted by atomic mass is 10.2. The lowest BCUT2D eigenvalue weighted by Gasteiger charge is -2.12. The third-order valence-electron chi connectivity index (χ3n) is 4.35. The highest BCUT2D eigenvalue weighted by Gasteiger charge is 2.04. The third-order valence-corrected chi connectivity index (χ3v) is 4.35. The SMILES string of the molecule is CCNC(=NCc1ccc(OC)c(OC)c1)NCCCOCCc1ccccc1.I. The molecule has 0 amide bonds. The van der Waals surface area contributed by atoms with Gasteiger partial charge in [-0.1, -0.05) is 36.4 Å². The minimum Gasteiger partial charge on any atom is -0.493 e. The fourth-order valence-electron chi connectivity index (χ4n) is 2.81. The molecule has 0 spiro atoms. The highest BCUT2D eigenvalue weighted by atomic mass is 127. The Morgan fingerprint density at radius 1 is 0.900 bits per heavy atom. The van der Waals surface area contributed by atoms with Crippen LogP contribution in [-0.2, 0) is 17.7 Å². The lowest BCUT2D eigenvalue weighted by Crippen LogP contribution is -2.38. The van der Waals surface area contributed by atoms with Crippen LogP contribution in [0, 0.1) is 0 Å². The molecule has 166 valence electrons. The summed E-state index contributed by atoms with van der Waals surface area (Å²) in [5, 5.41) is 6.62. The zero-order chi connectivity index (χ0) is 20.7. The maximum absolute atomic E-state index is 5.73. The first kappa shape index (κ1) is 26.0. The van der Waals surface area contributed by atoms with Gasteiger partial charge in [0, 0.05) is 19.7 Å². The number of benzene rings is 2. The topological polar surface area (TPSA) is 64.1 Å². The first-order chi connectivity index (χ1) is 14.3. The highest BCUT2D eigenvalue weighted by molar-refractivity contribution is 14.0. The molecule has 0 heterocycles. The van der Waals surface area contributed by atoms with E-state index in [1.54, 1.807) is 14.2 Å². The van der Waals surface area contributed by atoms with Gasteiger partial charge in [-0.3, -0.25) is 0 Å². The van der Waals surface area contributed by atoms with E-state index in [0.29, 0.717) is 12.3 Å². The highest BCUT2D eigenvalue weighted by Crippen LogP contribution is 2.27. The van der Waals surface area contributed by atoms with Crippen LogP contribution in [0.5, 0.6) is 11.5 Å². The van der Waals surface area contributed by atoms with E-state index in [2.05, 4.69) is 46.8 Å². The molecule has 6 nitrogen and oxygen atoms in total. The van der Waals surface area contributed by atoms with Gasteiger partial charge in [-0.25, -0.2) is 4.99 Å². The molecule has 0 aliphatic heterocycles. The summed E-state index contributed by atoms with van der Waals surface area (Å²) in [6.45, 7) is 5.71. The number of ether oxygens (including phenoxy) is 3. The molecule has 0 atom stereocenters. The second kappa shape index (κ2) is 15.8. The molecule has 0 aliphatic rings. The Morgan fingerprint density at radius 3 is 2.37 bits per heavy atom. The van der Waals surface area contributed by atoms with E-state index in [4.69, 9.17) is 14.2 Å². The zero-order valence-electron chi connectivity index (χ0n) is 18.1. The standard InChI is InChI=1S/C23H33N3O3.HI/c1-4-24-23(26-18-20-11-12-21(27-2)22(17-20)28-3)25-14-8-15-29-16-13-19-9-6-5-7-10-19;/h5-7,9-12,17H,4,8,13-16,18H2,1-3H3,(H2,24,25,26);1H. The minimum absolute atomic E-state index is 0. The van der Waals surface area contributed by atoms with Crippen molar-refractivity contribution in [3.05, 3.63) is 59.7 Å². The molecule has 0 aliphatic carbocycles. The molecule has 2 aromatic rings. The molecular formula is C23H34IN3O3. The fraction of sp³-hybridized carbons (Fsp3) is 0.435. The van der Waals surface area contributed by atoms with Gasteiger partial charge in [0.1, 0.15) is 0 Å². The van der Waals surface area contributed by atoms with E-state index in [9.17, 15) is 0 Å². The molecule has 2 aromatic carbocycles. The minimum atomic E-state index is 0. The molecule has 0 bridgehead atoms. The normalized spacial score (nSPS) is 10.8. The van der Waals surface area contributed by atoms with Crippen molar-refractivity contribution < 1.29 is 14.2 Å². The Bertz CT molecular complexity index is 742. The number of aliphatic imine (C=N–C) groups is 1. The third kappa shape index (κ3) is 9.67. The van der Waals surface area contributed by atoms with Crippen LogP contribution in [0.3, 0.4) is 0 Å². The van der Waals surface area contributed by atoms with Crippen LogP contribution in [0.2, 0.25) is 0 Å². The fourth-order valence-corrected chi connectivity index (χ4v) is 2.81. The van der Waals surface area contributed by atoms with Crippen molar-refractivity contribution in [2.75, 3.05) is 40.5 Å². The maximum atomic E-state index is 5.73. The van der Waals surface area contributed by atoms with Gasteiger partial charge in [-0.05, 0) is 43.0 Å². The quantitative estimate of drug-likeness (QED) is 0.189. The Hall–Kier alpha value is -2.00. The molecule has 2 rings (SSSR count). The molecule has 2 N–H and O–H groups in total. The number of nitrogens with one attached hydrogen (secondary N) is 2. The van der Waals surface area contributed by atoms with Crippen molar-refractivity contribution in [2.24, 2.45) is 4.99 Å². The molecule has 0 unspecified atom stereocenters. The van der Waals surface area contributed by atoms with E-state index in [1.165, 1.54) is 5.56 Å². The number of halogens is 1. The van der Waals surface area contributed by atoms with E-state index >= 15 is 0 Å². The molecule has 0 aromatic heterocycles. The number of nitrogens with zero attached hydrogens (tertiary/aromatic N) is 1. The van der Waals surface area contributed by atoms with Crippen LogP contribution in [0.15, 0.2) is 53.5 Å². The molecule has 0 saturated heterocycles. The van der Waals surface area contributed by atoms with Crippen LogP contribution in [0.25, 0.3) is 0 Å². The Kier molecular flexibility index (Phi) is 13.7. The van der Waals surface area contributed by atoms with Gasteiger partial charge >= 0.3 is 0 Å². The predicted octanol–water partition coefficient (Wildman–Crippen LogP) is 4.03. The van der Waals surface area contributed by atoms with Gasteiger partial charge in [0.2, 0.25) is 0 Å². The number of methoxy groups -OCH3 is 2. The van der Waals surface area contributed by atoms with Crippen molar-refractivity contribution in [1.29, 1.82) is 0 Å². The molecule has 0 saturated carbocycles. The van der Waals surface area contributed by atoms with E-state index in [1.807, 2.05) is 24.3 Å². The second-order valence-electron chi connectivity index (χ2n) is 6.51. The monoisotopic (exact) mass is 527 g/mol. The van der Waals surface area contributed by atoms with E-state index < -0.39 is 0 Å². The Labute approximate surface area is 197 Å². The van der Waals surface area contributed by atoms with Crippen LogP contribution in [0.1, 0.15) is 24.5 Å². The van der Waals surface area contributed by atoms with E-state index in [0.717, 1.165) is 56.4 Å². The van der Waals surface area contributed by atoms with Crippen LogP contribution in [-0.4, -0.2) is 46.5 Å². The van der Waals surface area contributed by atoms with Gasteiger partial charge in [-0.2, -0.15) is 0 Å². The smallest absolute Gasteiger partial charge is 0.191 e. The van der Waals surface area contributed by atoms with Gasteiger partial charge in [0.15, 0.2) is 17.5 Å². The van der Waals surface area contributed by atoms with Gasteiger partial charge < -0.3 is 24.8 Å². The molecule has 30 heavy (non-hydrogen) atoms.